The van der Waals surface area contributed by atoms with Gasteiger partial charge in [-0.05, 0) is 51.3 Å². The second kappa shape index (κ2) is 5.35. The Hall–Kier alpha value is -0.960. The Morgan fingerprint density at radius 3 is 2.50 bits per heavy atom. The summed E-state index contributed by atoms with van der Waals surface area (Å²) >= 11 is 0. The van der Waals surface area contributed by atoms with Crippen LogP contribution >= 0.6 is 0 Å². The molecule has 0 radical (unpaired) electrons. The first-order valence-electron chi connectivity index (χ1n) is 6.65. The lowest BCUT2D eigenvalue weighted by Crippen LogP contribution is -2.31. The number of halogens is 2. The Bertz CT molecular complexity index is 409. The third-order valence-corrected chi connectivity index (χ3v) is 3.78. The zero-order valence-electron chi connectivity index (χ0n) is 11.1. The van der Waals surface area contributed by atoms with E-state index < -0.39 is 5.92 Å². The molecule has 1 heterocycles. The highest BCUT2D eigenvalue weighted by atomic mass is 19.3. The van der Waals surface area contributed by atoms with E-state index in [4.69, 9.17) is 0 Å². The van der Waals surface area contributed by atoms with Crippen LogP contribution in [0.1, 0.15) is 36.0 Å². The van der Waals surface area contributed by atoms with Gasteiger partial charge in [-0.3, -0.25) is 0 Å². The van der Waals surface area contributed by atoms with Crippen LogP contribution in [0.15, 0.2) is 18.2 Å². The first-order chi connectivity index (χ1) is 8.49. The summed E-state index contributed by atoms with van der Waals surface area (Å²) in [4.78, 5) is 0. The van der Waals surface area contributed by atoms with E-state index in [1.165, 1.54) is 0 Å². The van der Waals surface area contributed by atoms with Gasteiger partial charge < -0.3 is 5.32 Å². The van der Waals surface area contributed by atoms with Crippen molar-refractivity contribution >= 4 is 0 Å². The Kier molecular flexibility index (Phi) is 4.00. The molecule has 0 bridgehead atoms. The van der Waals surface area contributed by atoms with Gasteiger partial charge in [-0.2, -0.15) is 0 Å². The van der Waals surface area contributed by atoms with E-state index in [-0.39, 0.29) is 17.9 Å². The number of hydrogen-bond donors (Lipinski definition) is 1. The molecule has 1 aliphatic heterocycles. The summed E-state index contributed by atoms with van der Waals surface area (Å²) < 4.78 is 28.6. The van der Waals surface area contributed by atoms with Gasteiger partial charge in [0, 0.05) is 12.0 Å². The fourth-order valence-electron chi connectivity index (χ4n) is 2.78. The summed E-state index contributed by atoms with van der Waals surface area (Å²) in [5.74, 6) is -2.55. The summed E-state index contributed by atoms with van der Waals surface area (Å²) in [6, 6.07) is 5.20. The van der Waals surface area contributed by atoms with E-state index in [0.29, 0.717) is 5.56 Å². The third-order valence-electron chi connectivity index (χ3n) is 3.78. The topological polar surface area (TPSA) is 12.0 Å². The van der Waals surface area contributed by atoms with Gasteiger partial charge >= 0.3 is 0 Å². The smallest absolute Gasteiger partial charge is 0.273 e. The molecule has 18 heavy (non-hydrogen) atoms. The van der Waals surface area contributed by atoms with Crippen molar-refractivity contribution in [2.45, 2.75) is 39.0 Å². The largest absolute Gasteiger partial charge is 0.317 e. The SMILES string of the molecule is Cc1ccc(C(F)(F)CC2CCNCC2)c(C)c1. The minimum absolute atomic E-state index is 0.0153. The summed E-state index contributed by atoms with van der Waals surface area (Å²) in [6.07, 6.45) is 1.71. The van der Waals surface area contributed by atoms with Crippen molar-refractivity contribution in [3.63, 3.8) is 0 Å². The van der Waals surface area contributed by atoms with Gasteiger partial charge in [-0.15, -0.1) is 0 Å². The van der Waals surface area contributed by atoms with Crippen LogP contribution in [-0.2, 0) is 5.92 Å². The molecular weight excluding hydrogens is 232 g/mol. The van der Waals surface area contributed by atoms with Crippen LogP contribution in [0, 0.1) is 19.8 Å². The van der Waals surface area contributed by atoms with E-state index in [2.05, 4.69) is 5.32 Å². The molecule has 1 saturated heterocycles. The molecule has 0 atom stereocenters. The molecule has 3 heteroatoms. The molecule has 2 rings (SSSR count). The van der Waals surface area contributed by atoms with Gasteiger partial charge in [-0.25, -0.2) is 8.78 Å². The Labute approximate surface area is 108 Å². The Balaban J connectivity index is 2.13. The highest BCUT2D eigenvalue weighted by Crippen LogP contribution is 2.38. The quantitative estimate of drug-likeness (QED) is 0.864. The molecular formula is C15H21F2N. The fourth-order valence-corrected chi connectivity index (χ4v) is 2.78. The monoisotopic (exact) mass is 253 g/mol. The van der Waals surface area contributed by atoms with Gasteiger partial charge in [0.1, 0.15) is 0 Å². The standard InChI is InChI=1S/C15H21F2N/c1-11-3-4-14(12(2)9-11)15(16,17)10-13-5-7-18-8-6-13/h3-4,9,13,18H,5-8,10H2,1-2H3. The minimum atomic E-state index is -2.69. The van der Waals surface area contributed by atoms with Crippen LogP contribution in [0.25, 0.3) is 0 Å². The first kappa shape index (κ1) is 13.5. The maximum atomic E-state index is 14.3. The second-order valence-electron chi connectivity index (χ2n) is 5.42. The number of piperidine rings is 1. The van der Waals surface area contributed by atoms with Gasteiger partial charge in [0.15, 0.2) is 0 Å². The predicted molar refractivity (Wildman–Crippen MR) is 70.0 cm³/mol. The molecule has 1 aromatic carbocycles. The lowest BCUT2D eigenvalue weighted by Gasteiger charge is -2.28. The number of hydrogen-bond acceptors (Lipinski definition) is 1. The summed E-state index contributed by atoms with van der Waals surface area (Å²) in [5, 5.41) is 3.21. The molecule has 100 valence electrons. The summed E-state index contributed by atoms with van der Waals surface area (Å²) in [7, 11) is 0. The van der Waals surface area contributed by atoms with Gasteiger partial charge in [0.2, 0.25) is 0 Å². The molecule has 1 nitrogen and oxygen atoms in total. The number of rotatable bonds is 3. The molecule has 1 N–H and O–H groups in total. The minimum Gasteiger partial charge on any atom is -0.317 e. The lowest BCUT2D eigenvalue weighted by molar-refractivity contribution is -0.0331. The maximum Gasteiger partial charge on any atom is 0.273 e. The van der Waals surface area contributed by atoms with E-state index >= 15 is 0 Å². The normalized spacial score (nSPS) is 18.0. The van der Waals surface area contributed by atoms with Crippen LogP contribution in [0.3, 0.4) is 0 Å². The number of aryl methyl sites for hydroxylation is 2. The third kappa shape index (κ3) is 3.08. The van der Waals surface area contributed by atoms with Crippen molar-refractivity contribution < 1.29 is 8.78 Å². The molecule has 1 fully saturated rings. The van der Waals surface area contributed by atoms with Crippen molar-refractivity contribution in [3.05, 3.63) is 34.9 Å². The molecule has 0 spiro atoms. The van der Waals surface area contributed by atoms with E-state index in [1.807, 2.05) is 13.0 Å². The molecule has 0 aromatic heterocycles. The van der Waals surface area contributed by atoms with E-state index in [0.717, 1.165) is 31.5 Å². The highest BCUT2D eigenvalue weighted by molar-refractivity contribution is 5.33. The van der Waals surface area contributed by atoms with Crippen LogP contribution in [0.5, 0.6) is 0 Å². The van der Waals surface area contributed by atoms with Crippen molar-refractivity contribution in [2.75, 3.05) is 13.1 Å². The number of alkyl halides is 2. The van der Waals surface area contributed by atoms with Crippen molar-refractivity contribution in [2.24, 2.45) is 5.92 Å². The lowest BCUT2D eigenvalue weighted by atomic mass is 9.87. The van der Waals surface area contributed by atoms with Gasteiger partial charge in [-0.1, -0.05) is 23.8 Å². The van der Waals surface area contributed by atoms with Crippen molar-refractivity contribution in [3.8, 4) is 0 Å². The van der Waals surface area contributed by atoms with Crippen LogP contribution in [-0.4, -0.2) is 13.1 Å². The van der Waals surface area contributed by atoms with E-state index in [9.17, 15) is 8.78 Å². The summed E-state index contributed by atoms with van der Waals surface area (Å²) in [5.41, 5.74) is 1.94. The van der Waals surface area contributed by atoms with Crippen LogP contribution in [0.2, 0.25) is 0 Å². The number of benzene rings is 1. The van der Waals surface area contributed by atoms with Crippen LogP contribution < -0.4 is 5.32 Å². The highest BCUT2D eigenvalue weighted by Gasteiger charge is 2.36. The molecule has 1 aliphatic rings. The van der Waals surface area contributed by atoms with Crippen molar-refractivity contribution in [1.29, 1.82) is 0 Å². The molecule has 0 unspecified atom stereocenters. The fraction of sp³-hybridized carbons (Fsp3) is 0.600. The molecule has 1 aromatic rings. The predicted octanol–water partition coefficient (Wildman–Crippen LogP) is 3.78. The Morgan fingerprint density at radius 2 is 1.89 bits per heavy atom. The zero-order valence-corrected chi connectivity index (χ0v) is 11.1. The average Bonchev–Trinajstić information content (AvgIpc) is 2.29. The van der Waals surface area contributed by atoms with Crippen molar-refractivity contribution in [1.82, 2.24) is 5.32 Å². The van der Waals surface area contributed by atoms with Gasteiger partial charge in [0.05, 0.1) is 0 Å². The summed E-state index contributed by atoms with van der Waals surface area (Å²) in [6.45, 7) is 5.45. The number of nitrogens with one attached hydrogen (secondary N) is 1. The second-order valence-corrected chi connectivity index (χ2v) is 5.42. The molecule has 0 saturated carbocycles. The van der Waals surface area contributed by atoms with E-state index in [1.54, 1.807) is 19.1 Å². The maximum absolute atomic E-state index is 14.3. The molecule has 0 aliphatic carbocycles. The van der Waals surface area contributed by atoms with Crippen LogP contribution in [0.4, 0.5) is 8.78 Å². The molecule has 0 amide bonds. The Morgan fingerprint density at radius 1 is 1.22 bits per heavy atom. The van der Waals surface area contributed by atoms with Gasteiger partial charge in [0.25, 0.3) is 5.92 Å². The average molecular weight is 253 g/mol. The zero-order chi connectivity index (χ0) is 13.2. The first-order valence-corrected chi connectivity index (χ1v) is 6.65.